The molecule has 0 bridgehead atoms. The van der Waals surface area contributed by atoms with Crippen molar-refractivity contribution in [2.24, 2.45) is 0 Å². The zero-order chi connectivity index (χ0) is 23.2. The molecular weight excluding hydrogens is 480 g/mol. The number of halogens is 1. The van der Waals surface area contributed by atoms with Gasteiger partial charge in [-0.1, -0.05) is 70.5 Å². The quantitative estimate of drug-likeness (QED) is 0.151. The van der Waals surface area contributed by atoms with Gasteiger partial charge in [0.15, 0.2) is 0 Å². The summed E-state index contributed by atoms with van der Waals surface area (Å²) in [5.41, 5.74) is 1.28. The van der Waals surface area contributed by atoms with Gasteiger partial charge in [0.05, 0.1) is 5.56 Å². The average molecular weight is 497 g/mol. The average Bonchev–Trinajstić information content (AvgIpc) is 2.84. The van der Waals surface area contributed by atoms with Crippen molar-refractivity contribution in [1.82, 2.24) is 0 Å². The second-order valence-corrected chi connectivity index (χ2v) is 8.00. The molecule has 0 radical (unpaired) electrons. The Labute approximate surface area is 199 Å². The Morgan fingerprint density at radius 3 is 2.42 bits per heavy atom. The van der Waals surface area contributed by atoms with Gasteiger partial charge >= 0.3 is 5.97 Å². The van der Waals surface area contributed by atoms with Crippen LogP contribution >= 0.6 is 15.9 Å². The second kappa shape index (κ2) is 9.94. The first-order valence-corrected chi connectivity index (χ1v) is 10.8. The lowest BCUT2D eigenvalue weighted by Crippen LogP contribution is -2.13. The van der Waals surface area contributed by atoms with E-state index in [-0.39, 0.29) is 11.3 Å². The largest absolute Gasteiger partial charge is 0.422 e. The Kier molecular flexibility index (Phi) is 6.63. The monoisotopic (exact) mass is 496 g/mol. The molecule has 0 aliphatic carbocycles. The van der Waals surface area contributed by atoms with E-state index in [1.807, 2.05) is 42.5 Å². The predicted molar refractivity (Wildman–Crippen MR) is 132 cm³/mol. The van der Waals surface area contributed by atoms with Gasteiger partial charge in [-0.3, -0.25) is 4.79 Å². The standard InChI is InChI=1S/C27H17BrN2O3/c28-21-13-14-25(33-27(32)24-12-6-8-18-7-4-5-11-23(18)24)19(16-21)15-20(17-29)26(31)30-22-9-2-1-3-10-22/h1-16H,(H,30,31)/b20-15+. The van der Waals surface area contributed by atoms with E-state index < -0.39 is 11.9 Å². The Balaban J connectivity index is 1.65. The predicted octanol–water partition coefficient (Wildman–Crippen LogP) is 6.37. The first-order valence-electron chi connectivity index (χ1n) is 10.0. The molecule has 4 aromatic carbocycles. The van der Waals surface area contributed by atoms with Crippen LogP contribution in [0.3, 0.4) is 0 Å². The van der Waals surface area contributed by atoms with Crippen molar-refractivity contribution in [3.63, 3.8) is 0 Å². The molecule has 0 heterocycles. The van der Waals surface area contributed by atoms with Crippen LogP contribution in [0.1, 0.15) is 15.9 Å². The summed E-state index contributed by atoms with van der Waals surface area (Å²) < 4.78 is 6.40. The van der Waals surface area contributed by atoms with Crippen molar-refractivity contribution in [2.75, 3.05) is 5.32 Å². The summed E-state index contributed by atoms with van der Waals surface area (Å²) >= 11 is 3.39. The molecule has 1 N–H and O–H groups in total. The fraction of sp³-hybridized carbons (Fsp3) is 0. The van der Waals surface area contributed by atoms with Crippen LogP contribution < -0.4 is 10.1 Å². The minimum atomic E-state index is -0.560. The van der Waals surface area contributed by atoms with Gasteiger partial charge in [-0.2, -0.15) is 5.26 Å². The lowest BCUT2D eigenvalue weighted by Gasteiger charge is -2.11. The number of nitrogens with zero attached hydrogens (tertiary/aromatic N) is 1. The smallest absolute Gasteiger partial charge is 0.344 e. The van der Waals surface area contributed by atoms with E-state index in [4.69, 9.17) is 4.74 Å². The lowest BCUT2D eigenvalue weighted by molar-refractivity contribution is -0.112. The van der Waals surface area contributed by atoms with Gasteiger partial charge in [0.2, 0.25) is 0 Å². The van der Waals surface area contributed by atoms with Crippen molar-refractivity contribution in [3.8, 4) is 11.8 Å². The molecule has 0 fully saturated rings. The SMILES string of the molecule is N#C/C(=C\c1cc(Br)ccc1OC(=O)c1cccc2ccccc12)C(=O)Nc1ccccc1. The lowest BCUT2D eigenvalue weighted by atomic mass is 10.0. The molecular formula is C27H17BrN2O3. The number of anilines is 1. The van der Waals surface area contributed by atoms with Gasteiger partial charge in [-0.25, -0.2) is 4.79 Å². The van der Waals surface area contributed by atoms with Gasteiger partial charge in [-0.05, 0) is 53.2 Å². The van der Waals surface area contributed by atoms with E-state index in [2.05, 4.69) is 21.2 Å². The fourth-order valence-corrected chi connectivity index (χ4v) is 3.69. The molecule has 4 aromatic rings. The number of carbonyl (C=O) groups excluding carboxylic acids is 2. The summed E-state index contributed by atoms with van der Waals surface area (Å²) in [7, 11) is 0. The highest BCUT2D eigenvalue weighted by Gasteiger charge is 2.16. The molecule has 0 aliphatic heterocycles. The number of para-hydroxylation sites is 1. The van der Waals surface area contributed by atoms with E-state index in [1.54, 1.807) is 54.6 Å². The van der Waals surface area contributed by atoms with Crippen molar-refractivity contribution >= 4 is 50.3 Å². The summed E-state index contributed by atoms with van der Waals surface area (Å²) in [5.74, 6) is -0.859. The van der Waals surface area contributed by atoms with Crippen LogP contribution in [-0.4, -0.2) is 11.9 Å². The number of benzene rings is 4. The summed E-state index contributed by atoms with van der Waals surface area (Å²) in [5, 5.41) is 14.0. The van der Waals surface area contributed by atoms with Crippen molar-refractivity contribution in [1.29, 1.82) is 5.26 Å². The minimum absolute atomic E-state index is 0.126. The zero-order valence-electron chi connectivity index (χ0n) is 17.3. The van der Waals surface area contributed by atoms with E-state index in [0.717, 1.165) is 10.8 Å². The highest BCUT2D eigenvalue weighted by atomic mass is 79.9. The van der Waals surface area contributed by atoms with E-state index in [1.165, 1.54) is 6.08 Å². The van der Waals surface area contributed by atoms with Gasteiger partial charge in [0, 0.05) is 15.7 Å². The normalized spacial score (nSPS) is 11.0. The Morgan fingerprint density at radius 2 is 1.64 bits per heavy atom. The first kappa shape index (κ1) is 22.0. The molecule has 0 aromatic heterocycles. The molecule has 6 heteroatoms. The summed E-state index contributed by atoms with van der Waals surface area (Å²) in [4.78, 5) is 25.6. The molecule has 0 aliphatic rings. The number of esters is 1. The molecule has 0 unspecified atom stereocenters. The van der Waals surface area contributed by atoms with Crippen molar-refractivity contribution in [2.45, 2.75) is 0 Å². The Hall–Kier alpha value is -4.21. The van der Waals surface area contributed by atoms with Crippen LogP contribution in [-0.2, 0) is 4.79 Å². The maximum atomic E-state index is 13.0. The van der Waals surface area contributed by atoms with E-state index in [9.17, 15) is 14.9 Å². The Bertz CT molecular complexity index is 1420. The molecule has 33 heavy (non-hydrogen) atoms. The number of carbonyl (C=O) groups is 2. The number of fused-ring (bicyclic) bond motifs is 1. The maximum absolute atomic E-state index is 13.0. The van der Waals surface area contributed by atoms with Gasteiger partial charge < -0.3 is 10.1 Å². The fourth-order valence-electron chi connectivity index (χ4n) is 3.31. The molecule has 0 spiro atoms. The van der Waals surface area contributed by atoms with Gasteiger partial charge in [-0.15, -0.1) is 0 Å². The van der Waals surface area contributed by atoms with Crippen LogP contribution in [0.5, 0.6) is 5.75 Å². The van der Waals surface area contributed by atoms with E-state index >= 15 is 0 Å². The molecule has 1 amide bonds. The third-order valence-corrected chi connectivity index (χ3v) is 5.37. The summed E-state index contributed by atoms with van der Waals surface area (Å²) in [6, 6.07) is 28.7. The molecule has 5 nitrogen and oxygen atoms in total. The van der Waals surface area contributed by atoms with Gasteiger partial charge in [0.25, 0.3) is 5.91 Å². The van der Waals surface area contributed by atoms with Crippen molar-refractivity contribution in [3.05, 3.63) is 112 Å². The number of hydrogen-bond donors (Lipinski definition) is 1. The van der Waals surface area contributed by atoms with Crippen LogP contribution in [0.25, 0.3) is 16.8 Å². The molecule has 4 rings (SSSR count). The van der Waals surface area contributed by atoms with Crippen molar-refractivity contribution < 1.29 is 14.3 Å². The number of amides is 1. The molecule has 0 saturated heterocycles. The number of hydrogen-bond acceptors (Lipinski definition) is 4. The zero-order valence-corrected chi connectivity index (χ0v) is 18.9. The van der Waals surface area contributed by atoms with Crippen LogP contribution in [0.2, 0.25) is 0 Å². The summed E-state index contributed by atoms with van der Waals surface area (Å²) in [6.07, 6.45) is 1.40. The molecule has 160 valence electrons. The Morgan fingerprint density at radius 1 is 0.909 bits per heavy atom. The van der Waals surface area contributed by atoms with E-state index in [0.29, 0.717) is 21.3 Å². The molecule has 0 saturated carbocycles. The first-order chi connectivity index (χ1) is 16.0. The van der Waals surface area contributed by atoms with Crippen LogP contribution in [0, 0.1) is 11.3 Å². The topological polar surface area (TPSA) is 79.2 Å². The minimum Gasteiger partial charge on any atom is -0.422 e. The third kappa shape index (κ3) is 5.17. The molecule has 0 atom stereocenters. The number of nitriles is 1. The highest BCUT2D eigenvalue weighted by molar-refractivity contribution is 9.10. The van der Waals surface area contributed by atoms with Gasteiger partial charge in [0.1, 0.15) is 17.4 Å². The number of nitrogens with one attached hydrogen (secondary N) is 1. The van der Waals surface area contributed by atoms with Crippen LogP contribution in [0.15, 0.2) is 101 Å². The second-order valence-electron chi connectivity index (χ2n) is 7.09. The van der Waals surface area contributed by atoms with Crippen LogP contribution in [0.4, 0.5) is 5.69 Å². The highest BCUT2D eigenvalue weighted by Crippen LogP contribution is 2.28. The number of ether oxygens (including phenoxy) is 1. The number of rotatable bonds is 5. The maximum Gasteiger partial charge on any atom is 0.344 e. The third-order valence-electron chi connectivity index (χ3n) is 4.88. The summed E-state index contributed by atoms with van der Waals surface area (Å²) in [6.45, 7) is 0.